The van der Waals surface area contributed by atoms with Crippen molar-refractivity contribution < 1.29 is 9.90 Å². The molecule has 1 aromatic heterocycles. The van der Waals surface area contributed by atoms with Crippen LogP contribution in [0.4, 0.5) is 5.69 Å². The minimum Gasteiger partial charge on any atom is -0.480 e. The number of benzene rings is 1. The van der Waals surface area contributed by atoms with Gasteiger partial charge in [0.15, 0.2) is 0 Å². The first-order valence-corrected chi connectivity index (χ1v) is 5.89. The van der Waals surface area contributed by atoms with Gasteiger partial charge in [-0.15, -0.1) is 0 Å². The van der Waals surface area contributed by atoms with Gasteiger partial charge in [0.2, 0.25) is 0 Å². The number of anilines is 1. The highest BCUT2D eigenvalue weighted by atomic mass is 16.4. The smallest absolute Gasteiger partial charge is 0.320 e. The zero-order valence-corrected chi connectivity index (χ0v) is 10.2. The summed E-state index contributed by atoms with van der Waals surface area (Å²) >= 11 is 0. The third-order valence-corrected chi connectivity index (χ3v) is 2.97. The molecule has 0 saturated carbocycles. The summed E-state index contributed by atoms with van der Waals surface area (Å²) in [4.78, 5) is 13.9. The molecule has 0 aliphatic heterocycles. The minimum atomic E-state index is -0.965. The average molecular weight is 247 g/mol. The number of nitrogens with two attached hydrogens (primary N) is 1. The molecular weight excluding hydrogens is 230 g/mol. The zero-order chi connectivity index (χ0) is 13.1. The Morgan fingerprint density at radius 2 is 2.22 bits per heavy atom. The highest BCUT2D eigenvalue weighted by molar-refractivity contribution is 5.94. The lowest BCUT2D eigenvalue weighted by atomic mass is 10.2. The maximum atomic E-state index is 10.6. The topological polar surface area (TPSA) is 91.1 Å². The van der Waals surface area contributed by atoms with Gasteiger partial charge in [0.25, 0.3) is 0 Å². The number of carbonyl (C=O) groups is 1. The predicted octanol–water partition coefficient (Wildman–Crippen LogP) is 1.69. The summed E-state index contributed by atoms with van der Waals surface area (Å²) in [6.45, 7) is 2.52. The lowest BCUT2D eigenvalue weighted by Crippen LogP contribution is -2.32. The molecule has 5 heteroatoms. The van der Waals surface area contributed by atoms with Gasteiger partial charge in [0, 0.05) is 23.1 Å². The lowest BCUT2D eigenvalue weighted by Gasteiger charge is -2.09. The summed E-state index contributed by atoms with van der Waals surface area (Å²) < 4.78 is 0. The van der Waals surface area contributed by atoms with E-state index in [1.165, 1.54) is 0 Å². The molecule has 0 bridgehead atoms. The summed E-state index contributed by atoms with van der Waals surface area (Å²) in [7, 11) is 0. The van der Waals surface area contributed by atoms with E-state index in [-0.39, 0.29) is 0 Å². The lowest BCUT2D eigenvalue weighted by molar-refractivity contribution is -0.138. The third kappa shape index (κ3) is 2.46. The van der Waals surface area contributed by atoms with E-state index in [0.29, 0.717) is 13.0 Å². The first-order chi connectivity index (χ1) is 8.59. The maximum absolute atomic E-state index is 10.6. The molecule has 5 N–H and O–H groups in total. The largest absolute Gasteiger partial charge is 0.480 e. The SMILES string of the molecule is Cc1[nH]c2ccccc2c1NCCC(N)C(=O)O. The molecule has 0 amide bonds. The molecule has 2 rings (SSSR count). The number of carboxylic acids is 1. The van der Waals surface area contributed by atoms with Crippen molar-refractivity contribution in [3.05, 3.63) is 30.0 Å². The van der Waals surface area contributed by atoms with Gasteiger partial charge in [-0.2, -0.15) is 0 Å². The van der Waals surface area contributed by atoms with Crippen LogP contribution >= 0.6 is 0 Å². The van der Waals surface area contributed by atoms with Crippen LogP contribution in [0.5, 0.6) is 0 Å². The molecule has 0 aliphatic carbocycles. The van der Waals surface area contributed by atoms with E-state index in [4.69, 9.17) is 10.8 Å². The second-order valence-electron chi connectivity index (χ2n) is 4.33. The Hall–Kier alpha value is -2.01. The van der Waals surface area contributed by atoms with Crippen LogP contribution in [0.1, 0.15) is 12.1 Å². The molecule has 96 valence electrons. The number of aryl methyl sites for hydroxylation is 1. The Balaban J connectivity index is 2.08. The summed E-state index contributed by atoms with van der Waals surface area (Å²) in [5.41, 5.74) is 8.59. The van der Waals surface area contributed by atoms with Gasteiger partial charge in [-0.3, -0.25) is 4.79 Å². The number of rotatable bonds is 5. The van der Waals surface area contributed by atoms with Crippen LogP contribution in [0.3, 0.4) is 0 Å². The highest BCUT2D eigenvalue weighted by Crippen LogP contribution is 2.26. The quantitative estimate of drug-likeness (QED) is 0.647. The fraction of sp³-hybridized carbons (Fsp3) is 0.308. The van der Waals surface area contributed by atoms with Crippen molar-refractivity contribution in [2.45, 2.75) is 19.4 Å². The average Bonchev–Trinajstić information content (AvgIpc) is 2.65. The fourth-order valence-electron chi connectivity index (χ4n) is 1.98. The number of aliphatic carboxylic acids is 1. The van der Waals surface area contributed by atoms with Crippen LogP contribution in [0.15, 0.2) is 24.3 Å². The van der Waals surface area contributed by atoms with Crippen LogP contribution in [0, 0.1) is 6.92 Å². The molecule has 18 heavy (non-hydrogen) atoms. The van der Waals surface area contributed by atoms with Crippen molar-refractivity contribution in [1.82, 2.24) is 4.98 Å². The predicted molar refractivity (Wildman–Crippen MR) is 71.8 cm³/mol. The highest BCUT2D eigenvalue weighted by Gasteiger charge is 2.12. The number of nitrogens with one attached hydrogen (secondary N) is 2. The summed E-state index contributed by atoms with van der Waals surface area (Å²) in [6.07, 6.45) is 0.397. The second-order valence-corrected chi connectivity index (χ2v) is 4.33. The van der Waals surface area contributed by atoms with Gasteiger partial charge >= 0.3 is 5.97 Å². The van der Waals surface area contributed by atoms with Gasteiger partial charge in [-0.05, 0) is 19.4 Å². The number of para-hydroxylation sites is 1. The molecule has 0 saturated heterocycles. The number of fused-ring (bicyclic) bond motifs is 1. The van der Waals surface area contributed by atoms with E-state index in [2.05, 4.69) is 10.3 Å². The molecule has 0 fully saturated rings. The Labute approximate surface area is 105 Å². The number of hydrogen-bond donors (Lipinski definition) is 4. The summed E-state index contributed by atoms with van der Waals surface area (Å²) in [5, 5.41) is 13.1. The summed E-state index contributed by atoms with van der Waals surface area (Å²) in [6, 6.07) is 7.17. The fourth-order valence-corrected chi connectivity index (χ4v) is 1.98. The van der Waals surface area contributed by atoms with Crippen LogP contribution in [-0.2, 0) is 4.79 Å². The Morgan fingerprint density at radius 3 is 2.94 bits per heavy atom. The molecule has 0 aliphatic rings. The van der Waals surface area contributed by atoms with E-state index >= 15 is 0 Å². The van der Waals surface area contributed by atoms with E-state index in [1.807, 2.05) is 31.2 Å². The van der Waals surface area contributed by atoms with E-state index in [0.717, 1.165) is 22.3 Å². The Morgan fingerprint density at radius 1 is 1.50 bits per heavy atom. The number of aromatic nitrogens is 1. The number of aromatic amines is 1. The number of carboxylic acid groups (broad SMARTS) is 1. The second kappa shape index (κ2) is 5.10. The molecular formula is C13H17N3O2. The number of H-pyrrole nitrogens is 1. The van der Waals surface area contributed by atoms with Crippen LogP contribution in [-0.4, -0.2) is 28.6 Å². The van der Waals surface area contributed by atoms with Crippen LogP contribution in [0.2, 0.25) is 0 Å². The maximum Gasteiger partial charge on any atom is 0.320 e. The van der Waals surface area contributed by atoms with Gasteiger partial charge in [-0.1, -0.05) is 18.2 Å². The van der Waals surface area contributed by atoms with Crippen LogP contribution < -0.4 is 11.1 Å². The summed E-state index contributed by atoms with van der Waals surface area (Å²) in [5.74, 6) is -0.965. The molecule has 1 heterocycles. The van der Waals surface area contributed by atoms with Gasteiger partial charge in [0.1, 0.15) is 6.04 Å². The Bertz CT molecular complexity index is 562. The molecule has 5 nitrogen and oxygen atoms in total. The monoisotopic (exact) mass is 247 g/mol. The molecule has 0 spiro atoms. The molecule has 2 aromatic rings. The van der Waals surface area contributed by atoms with E-state index < -0.39 is 12.0 Å². The van der Waals surface area contributed by atoms with Gasteiger partial charge in [-0.25, -0.2) is 0 Å². The minimum absolute atomic E-state index is 0.397. The number of hydrogen-bond acceptors (Lipinski definition) is 3. The van der Waals surface area contributed by atoms with Crippen molar-refractivity contribution in [2.24, 2.45) is 5.73 Å². The molecule has 1 atom stereocenters. The van der Waals surface area contributed by atoms with Crippen molar-refractivity contribution in [1.29, 1.82) is 0 Å². The van der Waals surface area contributed by atoms with E-state index in [9.17, 15) is 4.79 Å². The van der Waals surface area contributed by atoms with Crippen molar-refractivity contribution in [3.8, 4) is 0 Å². The first-order valence-electron chi connectivity index (χ1n) is 5.89. The standard InChI is InChI=1S/C13H17N3O2/c1-8-12(15-7-6-10(14)13(17)18)9-4-2-3-5-11(9)16-8/h2-5,10,15-16H,6-7,14H2,1H3,(H,17,18). The molecule has 0 radical (unpaired) electrons. The molecule has 1 unspecified atom stereocenters. The normalized spacial score (nSPS) is 12.6. The van der Waals surface area contributed by atoms with Crippen molar-refractivity contribution >= 4 is 22.6 Å². The van der Waals surface area contributed by atoms with Crippen molar-refractivity contribution in [2.75, 3.05) is 11.9 Å². The first kappa shape index (κ1) is 12.4. The van der Waals surface area contributed by atoms with Crippen molar-refractivity contribution in [3.63, 3.8) is 0 Å². The van der Waals surface area contributed by atoms with E-state index in [1.54, 1.807) is 0 Å². The molecule has 1 aromatic carbocycles. The van der Waals surface area contributed by atoms with Gasteiger partial charge < -0.3 is 21.1 Å². The third-order valence-electron chi connectivity index (χ3n) is 2.97. The van der Waals surface area contributed by atoms with Crippen LogP contribution in [0.25, 0.3) is 10.9 Å². The van der Waals surface area contributed by atoms with Gasteiger partial charge in [0.05, 0.1) is 5.69 Å². The zero-order valence-electron chi connectivity index (χ0n) is 10.2. The Kier molecular flexibility index (Phi) is 3.53.